The van der Waals surface area contributed by atoms with Gasteiger partial charge >= 0.3 is 12.4 Å². The molecule has 102 valence electrons. The lowest BCUT2D eigenvalue weighted by molar-refractivity contribution is -0.128. The fourth-order valence-electron chi connectivity index (χ4n) is 1.34. The first kappa shape index (κ1) is 15.6. The Hall–Kier alpha value is -0.430. The molecule has 0 radical (unpaired) electrons. The molecule has 1 atom stereocenters. The smallest absolute Gasteiger partial charge is 0.171 e. The summed E-state index contributed by atoms with van der Waals surface area (Å²) < 4.78 is 73.8. The molecule has 0 amide bonds. The van der Waals surface area contributed by atoms with Crippen molar-refractivity contribution in [2.75, 3.05) is 0 Å². The van der Waals surface area contributed by atoms with Crippen LogP contribution in [-0.4, -0.2) is 12.4 Å². The molecule has 18 heavy (non-hydrogen) atoms. The van der Waals surface area contributed by atoms with Gasteiger partial charge in [0, 0.05) is 5.02 Å². The minimum atomic E-state index is -4.60. The number of benzene rings is 1. The minimum Gasteiger partial charge on any atom is -0.171 e. The Labute approximate surface area is 112 Å². The predicted molar refractivity (Wildman–Crippen MR) is 58.9 cm³/mol. The van der Waals surface area contributed by atoms with E-state index in [4.69, 9.17) is 11.6 Å². The molecule has 0 saturated heterocycles. The molecular weight excluding hydrogens is 349 g/mol. The van der Waals surface area contributed by atoms with Gasteiger partial charge in [-0.15, -0.1) is 0 Å². The summed E-state index contributed by atoms with van der Waals surface area (Å²) in [5.74, 6) is 0. The predicted octanol–water partition coefficient (Wildman–Crippen LogP) is 5.44. The fourth-order valence-corrected chi connectivity index (χ4v) is 1.87. The molecule has 1 aromatic rings. The van der Waals surface area contributed by atoms with Gasteiger partial charge in [-0.05, 0) is 23.3 Å². The molecule has 0 aliphatic heterocycles. The van der Waals surface area contributed by atoms with Crippen LogP contribution in [0, 0.1) is 0 Å². The Morgan fingerprint density at radius 3 is 2.06 bits per heavy atom. The largest absolute Gasteiger partial charge is 0.405 e. The van der Waals surface area contributed by atoms with Crippen molar-refractivity contribution in [2.24, 2.45) is 0 Å². The molecule has 0 fully saturated rings. The van der Waals surface area contributed by atoms with Crippen LogP contribution in [-0.2, 0) is 6.42 Å². The van der Waals surface area contributed by atoms with E-state index >= 15 is 0 Å². The Balaban J connectivity index is 3.09. The first-order valence-electron chi connectivity index (χ1n) is 4.56. The summed E-state index contributed by atoms with van der Waals surface area (Å²) in [5, 5.41) is -0.166. The van der Waals surface area contributed by atoms with Crippen LogP contribution in [0.1, 0.15) is 16.0 Å². The van der Waals surface area contributed by atoms with Crippen LogP contribution in [0.4, 0.5) is 26.3 Å². The SMILES string of the molecule is FC(F)(F)Cc1cc(Cl)cc(C(Br)C(F)(F)F)c1. The third-order valence-corrected chi connectivity index (χ3v) is 3.23. The number of halogens is 8. The van der Waals surface area contributed by atoms with Gasteiger partial charge in [0.25, 0.3) is 0 Å². The Morgan fingerprint density at radius 1 is 1.06 bits per heavy atom. The Kier molecular flexibility index (Phi) is 4.59. The third-order valence-electron chi connectivity index (χ3n) is 1.96. The Bertz CT molecular complexity index is 425. The van der Waals surface area contributed by atoms with Gasteiger partial charge in [0.05, 0.1) is 6.42 Å². The molecule has 0 nitrogen and oxygen atoms in total. The van der Waals surface area contributed by atoms with Gasteiger partial charge in [-0.1, -0.05) is 33.6 Å². The van der Waals surface area contributed by atoms with Gasteiger partial charge in [-0.25, -0.2) is 0 Å². The maximum absolute atomic E-state index is 12.4. The second kappa shape index (κ2) is 5.28. The van der Waals surface area contributed by atoms with Gasteiger partial charge in [0.2, 0.25) is 0 Å². The van der Waals surface area contributed by atoms with E-state index in [9.17, 15) is 26.3 Å². The molecule has 8 heteroatoms. The van der Waals surface area contributed by atoms with Crippen molar-refractivity contribution >= 4 is 27.5 Å². The molecule has 0 heterocycles. The summed E-state index contributed by atoms with van der Waals surface area (Å²) in [7, 11) is 0. The molecule has 0 spiro atoms. The second-order valence-corrected chi connectivity index (χ2v) is 4.94. The summed E-state index contributed by atoms with van der Waals surface area (Å²) in [4.78, 5) is -2.05. The highest BCUT2D eigenvalue weighted by Gasteiger charge is 2.39. The van der Waals surface area contributed by atoms with Crippen molar-refractivity contribution in [1.29, 1.82) is 0 Å². The zero-order chi connectivity index (χ0) is 14.1. The number of hydrogen-bond acceptors (Lipinski definition) is 0. The summed E-state index contributed by atoms with van der Waals surface area (Å²) in [6.07, 6.45) is -10.4. The molecule has 0 aliphatic carbocycles. The average Bonchev–Trinajstić information content (AvgIpc) is 2.11. The van der Waals surface area contributed by atoms with Crippen molar-refractivity contribution in [1.82, 2.24) is 0 Å². The standard InChI is InChI=1S/C10H6BrClF6/c11-8(10(16,17)18)6-1-5(2-7(12)3-6)4-9(13,14)15/h1-3,8H,4H2. The van der Waals surface area contributed by atoms with Crippen LogP contribution >= 0.6 is 27.5 Å². The summed E-state index contributed by atoms with van der Waals surface area (Å²) in [5.41, 5.74) is -0.659. The van der Waals surface area contributed by atoms with E-state index in [1.807, 2.05) is 0 Å². The molecule has 1 unspecified atom stereocenters. The summed E-state index contributed by atoms with van der Waals surface area (Å²) in [6.45, 7) is 0. The highest BCUT2D eigenvalue weighted by atomic mass is 79.9. The van der Waals surface area contributed by atoms with Crippen molar-refractivity contribution in [3.05, 3.63) is 34.3 Å². The van der Waals surface area contributed by atoms with Gasteiger partial charge in [-0.2, -0.15) is 26.3 Å². The molecule has 0 saturated carbocycles. The topological polar surface area (TPSA) is 0 Å². The maximum atomic E-state index is 12.4. The first-order valence-corrected chi connectivity index (χ1v) is 5.85. The van der Waals surface area contributed by atoms with Crippen molar-refractivity contribution < 1.29 is 26.3 Å². The third kappa shape index (κ3) is 4.68. The molecule has 0 aliphatic rings. The molecule has 1 aromatic carbocycles. The molecule has 1 rings (SSSR count). The highest BCUT2D eigenvalue weighted by molar-refractivity contribution is 9.09. The van der Waals surface area contributed by atoms with E-state index in [0.29, 0.717) is 0 Å². The number of alkyl halides is 7. The van der Waals surface area contributed by atoms with Crippen LogP contribution in [0.5, 0.6) is 0 Å². The quantitative estimate of drug-likeness (QED) is 0.489. The van der Waals surface area contributed by atoms with Crippen molar-refractivity contribution in [3.8, 4) is 0 Å². The van der Waals surface area contributed by atoms with Crippen LogP contribution in [0.25, 0.3) is 0 Å². The normalized spacial score (nSPS) is 14.7. The molecular formula is C10H6BrClF6. The number of rotatable bonds is 2. The van der Waals surface area contributed by atoms with Crippen LogP contribution in [0.15, 0.2) is 18.2 Å². The van der Waals surface area contributed by atoms with E-state index in [1.54, 1.807) is 0 Å². The lowest BCUT2D eigenvalue weighted by atomic mass is 10.1. The lowest BCUT2D eigenvalue weighted by Gasteiger charge is -2.16. The first-order chi connectivity index (χ1) is 7.99. The molecule has 0 aromatic heterocycles. The maximum Gasteiger partial charge on any atom is 0.405 e. The Morgan fingerprint density at radius 2 is 1.61 bits per heavy atom. The van der Waals surface area contributed by atoms with Crippen molar-refractivity contribution in [3.63, 3.8) is 0 Å². The van der Waals surface area contributed by atoms with E-state index in [0.717, 1.165) is 18.2 Å². The zero-order valence-corrected chi connectivity index (χ0v) is 10.9. The fraction of sp³-hybridized carbons (Fsp3) is 0.400. The molecule has 0 N–H and O–H groups in total. The number of hydrogen-bond donors (Lipinski definition) is 0. The van der Waals surface area contributed by atoms with E-state index in [1.165, 1.54) is 0 Å². The monoisotopic (exact) mass is 354 g/mol. The van der Waals surface area contributed by atoms with E-state index in [-0.39, 0.29) is 16.1 Å². The minimum absolute atomic E-state index is 0.166. The summed E-state index contributed by atoms with van der Waals surface area (Å²) >= 11 is 7.91. The van der Waals surface area contributed by atoms with E-state index < -0.39 is 23.6 Å². The van der Waals surface area contributed by atoms with Crippen LogP contribution in [0.2, 0.25) is 5.02 Å². The van der Waals surface area contributed by atoms with Crippen LogP contribution < -0.4 is 0 Å². The van der Waals surface area contributed by atoms with Crippen LogP contribution in [0.3, 0.4) is 0 Å². The summed E-state index contributed by atoms with van der Waals surface area (Å²) in [6, 6.07) is 2.81. The highest BCUT2D eigenvalue weighted by Crippen LogP contribution is 2.41. The van der Waals surface area contributed by atoms with Gasteiger partial charge in [-0.3, -0.25) is 0 Å². The van der Waals surface area contributed by atoms with Gasteiger partial charge in [0.1, 0.15) is 4.83 Å². The van der Waals surface area contributed by atoms with Crippen molar-refractivity contribution in [2.45, 2.75) is 23.6 Å². The lowest BCUT2D eigenvalue weighted by Crippen LogP contribution is -2.16. The zero-order valence-electron chi connectivity index (χ0n) is 8.54. The van der Waals surface area contributed by atoms with Gasteiger partial charge < -0.3 is 0 Å². The van der Waals surface area contributed by atoms with E-state index in [2.05, 4.69) is 15.9 Å². The average molecular weight is 356 g/mol. The molecule has 0 bridgehead atoms. The van der Waals surface area contributed by atoms with Gasteiger partial charge in [0.15, 0.2) is 0 Å². The second-order valence-electron chi connectivity index (χ2n) is 3.59.